The molecule has 18 heavy (non-hydrogen) atoms. The van der Waals surface area contributed by atoms with Crippen LogP contribution in [0.15, 0.2) is 0 Å². The highest BCUT2D eigenvalue weighted by Crippen LogP contribution is 2.27. The Morgan fingerprint density at radius 1 is 1.06 bits per heavy atom. The lowest BCUT2D eigenvalue weighted by Crippen LogP contribution is -2.36. The molecule has 104 valence electrons. The Labute approximate surface area is 111 Å². The lowest BCUT2D eigenvalue weighted by atomic mass is 9.86. The molecule has 3 nitrogen and oxygen atoms in total. The van der Waals surface area contributed by atoms with E-state index < -0.39 is 0 Å². The monoisotopic (exact) mass is 252 g/mol. The first-order valence-corrected chi connectivity index (χ1v) is 7.78. The molecule has 0 aromatic carbocycles. The SMILES string of the molecule is NC1CCCC1CNC(=O)CCC1CCCCC1. The third-order valence-corrected chi connectivity index (χ3v) is 4.78. The summed E-state index contributed by atoms with van der Waals surface area (Å²) in [6.45, 7) is 0.796. The molecular weight excluding hydrogens is 224 g/mol. The molecule has 3 N–H and O–H groups in total. The van der Waals surface area contributed by atoms with Crippen LogP contribution in [0.3, 0.4) is 0 Å². The number of hydrogen-bond acceptors (Lipinski definition) is 2. The number of nitrogens with one attached hydrogen (secondary N) is 1. The van der Waals surface area contributed by atoms with E-state index in [0.29, 0.717) is 18.4 Å². The minimum atomic E-state index is 0.236. The molecular formula is C15H28N2O. The first kappa shape index (κ1) is 13.9. The summed E-state index contributed by atoms with van der Waals surface area (Å²) in [6.07, 6.45) is 12.1. The van der Waals surface area contributed by atoms with Gasteiger partial charge in [0.15, 0.2) is 0 Å². The maximum absolute atomic E-state index is 11.8. The van der Waals surface area contributed by atoms with Crippen molar-refractivity contribution in [3.05, 3.63) is 0 Å². The van der Waals surface area contributed by atoms with Crippen LogP contribution in [-0.4, -0.2) is 18.5 Å². The molecule has 2 aliphatic carbocycles. The summed E-state index contributed by atoms with van der Waals surface area (Å²) >= 11 is 0. The maximum Gasteiger partial charge on any atom is 0.220 e. The summed E-state index contributed by atoms with van der Waals surface area (Å²) in [7, 11) is 0. The minimum Gasteiger partial charge on any atom is -0.356 e. The molecule has 2 fully saturated rings. The highest BCUT2D eigenvalue weighted by molar-refractivity contribution is 5.75. The molecule has 0 saturated heterocycles. The number of rotatable bonds is 5. The molecule has 3 heteroatoms. The van der Waals surface area contributed by atoms with Crippen molar-refractivity contribution in [3.63, 3.8) is 0 Å². The standard InChI is InChI=1S/C15H28N2O/c16-14-8-4-7-13(14)11-17-15(18)10-9-12-5-2-1-3-6-12/h12-14H,1-11,16H2,(H,17,18). The molecule has 2 atom stereocenters. The van der Waals surface area contributed by atoms with E-state index in [1.165, 1.54) is 44.9 Å². The van der Waals surface area contributed by atoms with E-state index in [-0.39, 0.29) is 5.91 Å². The lowest BCUT2D eigenvalue weighted by molar-refractivity contribution is -0.121. The fourth-order valence-electron chi connectivity index (χ4n) is 3.46. The number of carbonyl (C=O) groups is 1. The van der Waals surface area contributed by atoms with Gasteiger partial charge < -0.3 is 11.1 Å². The largest absolute Gasteiger partial charge is 0.356 e. The Hall–Kier alpha value is -0.570. The summed E-state index contributed by atoms with van der Waals surface area (Å²) in [4.78, 5) is 11.8. The Morgan fingerprint density at radius 3 is 2.50 bits per heavy atom. The van der Waals surface area contributed by atoms with E-state index in [1.807, 2.05) is 0 Å². The highest BCUT2D eigenvalue weighted by Gasteiger charge is 2.24. The quantitative estimate of drug-likeness (QED) is 0.790. The van der Waals surface area contributed by atoms with Gasteiger partial charge in [0.2, 0.25) is 5.91 Å². The van der Waals surface area contributed by atoms with Gasteiger partial charge in [0.25, 0.3) is 0 Å². The van der Waals surface area contributed by atoms with Crippen molar-refractivity contribution in [1.82, 2.24) is 5.32 Å². The van der Waals surface area contributed by atoms with Crippen molar-refractivity contribution in [2.24, 2.45) is 17.6 Å². The van der Waals surface area contributed by atoms with Gasteiger partial charge in [-0.3, -0.25) is 4.79 Å². The number of nitrogens with two attached hydrogens (primary N) is 1. The van der Waals surface area contributed by atoms with Gasteiger partial charge in [-0.1, -0.05) is 38.5 Å². The fraction of sp³-hybridized carbons (Fsp3) is 0.933. The minimum absolute atomic E-state index is 0.236. The Morgan fingerprint density at radius 2 is 1.83 bits per heavy atom. The van der Waals surface area contributed by atoms with E-state index in [0.717, 1.165) is 25.3 Å². The van der Waals surface area contributed by atoms with Gasteiger partial charge in [-0.25, -0.2) is 0 Å². The van der Waals surface area contributed by atoms with Crippen molar-refractivity contribution in [3.8, 4) is 0 Å². The molecule has 2 aliphatic rings. The first-order chi connectivity index (χ1) is 8.75. The van der Waals surface area contributed by atoms with E-state index >= 15 is 0 Å². The smallest absolute Gasteiger partial charge is 0.220 e. The molecule has 0 aliphatic heterocycles. The van der Waals surface area contributed by atoms with Gasteiger partial charge in [-0.15, -0.1) is 0 Å². The van der Waals surface area contributed by atoms with Crippen LogP contribution >= 0.6 is 0 Å². The second-order valence-corrected chi connectivity index (χ2v) is 6.20. The summed E-state index contributed by atoms with van der Waals surface area (Å²) < 4.78 is 0. The molecule has 2 rings (SSSR count). The molecule has 0 aromatic heterocycles. The van der Waals surface area contributed by atoms with Crippen LogP contribution in [-0.2, 0) is 4.79 Å². The predicted molar refractivity (Wildman–Crippen MR) is 74.1 cm³/mol. The van der Waals surface area contributed by atoms with E-state index in [1.54, 1.807) is 0 Å². The summed E-state index contributed by atoms with van der Waals surface area (Å²) in [6, 6.07) is 0.309. The fourth-order valence-corrected chi connectivity index (χ4v) is 3.46. The van der Waals surface area contributed by atoms with Crippen LogP contribution < -0.4 is 11.1 Å². The van der Waals surface area contributed by atoms with Crippen molar-refractivity contribution in [2.75, 3.05) is 6.54 Å². The van der Waals surface area contributed by atoms with Crippen LogP contribution in [0.4, 0.5) is 0 Å². The number of carbonyl (C=O) groups excluding carboxylic acids is 1. The first-order valence-electron chi connectivity index (χ1n) is 7.78. The molecule has 0 aromatic rings. The molecule has 0 bridgehead atoms. The summed E-state index contributed by atoms with van der Waals surface area (Å²) in [5, 5.41) is 3.08. The van der Waals surface area contributed by atoms with Crippen molar-refractivity contribution in [1.29, 1.82) is 0 Å². The Balaban J connectivity index is 1.57. The van der Waals surface area contributed by atoms with Gasteiger partial charge >= 0.3 is 0 Å². The van der Waals surface area contributed by atoms with Gasteiger partial charge in [0.05, 0.1) is 0 Å². The molecule has 1 amide bonds. The van der Waals surface area contributed by atoms with E-state index in [4.69, 9.17) is 5.73 Å². The maximum atomic E-state index is 11.8. The average Bonchev–Trinajstić information content (AvgIpc) is 2.81. The van der Waals surface area contributed by atoms with Crippen molar-refractivity contribution < 1.29 is 4.79 Å². The topological polar surface area (TPSA) is 55.1 Å². The third-order valence-electron chi connectivity index (χ3n) is 4.78. The Bertz CT molecular complexity index is 261. The predicted octanol–water partition coefficient (Wildman–Crippen LogP) is 2.59. The summed E-state index contributed by atoms with van der Waals surface area (Å²) in [5.41, 5.74) is 6.00. The van der Waals surface area contributed by atoms with Crippen LogP contribution in [0, 0.1) is 11.8 Å². The molecule has 0 heterocycles. The molecule has 0 radical (unpaired) electrons. The normalized spacial score (nSPS) is 29.4. The van der Waals surface area contributed by atoms with Gasteiger partial charge in [-0.05, 0) is 31.1 Å². The van der Waals surface area contributed by atoms with Crippen LogP contribution in [0.1, 0.15) is 64.2 Å². The molecule has 0 spiro atoms. The zero-order chi connectivity index (χ0) is 12.8. The second kappa shape index (κ2) is 7.13. The lowest BCUT2D eigenvalue weighted by Gasteiger charge is -2.21. The van der Waals surface area contributed by atoms with Crippen LogP contribution in [0.5, 0.6) is 0 Å². The Kier molecular flexibility index (Phi) is 5.48. The average molecular weight is 252 g/mol. The van der Waals surface area contributed by atoms with E-state index in [9.17, 15) is 4.79 Å². The van der Waals surface area contributed by atoms with Crippen LogP contribution in [0.25, 0.3) is 0 Å². The van der Waals surface area contributed by atoms with Crippen molar-refractivity contribution >= 4 is 5.91 Å². The zero-order valence-corrected chi connectivity index (χ0v) is 11.5. The molecule has 2 unspecified atom stereocenters. The van der Waals surface area contributed by atoms with Crippen molar-refractivity contribution in [2.45, 2.75) is 70.3 Å². The zero-order valence-electron chi connectivity index (χ0n) is 11.5. The van der Waals surface area contributed by atoms with Gasteiger partial charge in [0, 0.05) is 19.0 Å². The molecule has 2 saturated carbocycles. The highest BCUT2D eigenvalue weighted by atomic mass is 16.1. The van der Waals surface area contributed by atoms with Gasteiger partial charge in [-0.2, -0.15) is 0 Å². The number of hydrogen-bond donors (Lipinski definition) is 2. The summed E-state index contributed by atoms with van der Waals surface area (Å²) in [5.74, 6) is 1.56. The third kappa shape index (κ3) is 4.27. The van der Waals surface area contributed by atoms with Gasteiger partial charge in [0.1, 0.15) is 0 Å². The van der Waals surface area contributed by atoms with E-state index in [2.05, 4.69) is 5.32 Å². The van der Waals surface area contributed by atoms with Crippen LogP contribution in [0.2, 0.25) is 0 Å². The number of amides is 1. The second-order valence-electron chi connectivity index (χ2n) is 6.20.